The highest BCUT2D eigenvalue weighted by atomic mass is 16.5. The van der Waals surface area contributed by atoms with Crippen molar-refractivity contribution < 1.29 is 9.53 Å². The van der Waals surface area contributed by atoms with Crippen molar-refractivity contribution in [1.82, 2.24) is 20.0 Å². The van der Waals surface area contributed by atoms with Crippen LogP contribution in [0.15, 0.2) is 12.4 Å². The Kier molecular flexibility index (Phi) is 5.14. The van der Waals surface area contributed by atoms with Crippen LogP contribution in [0.1, 0.15) is 19.4 Å². The first-order chi connectivity index (χ1) is 9.54. The number of aryl methyl sites for hydroxylation is 1. The van der Waals surface area contributed by atoms with Gasteiger partial charge in [-0.3, -0.25) is 9.48 Å². The van der Waals surface area contributed by atoms with E-state index in [-0.39, 0.29) is 18.1 Å². The third-order valence-corrected chi connectivity index (χ3v) is 3.33. The third-order valence-electron chi connectivity index (χ3n) is 3.33. The summed E-state index contributed by atoms with van der Waals surface area (Å²) in [6, 6.07) is 0. The molecule has 20 heavy (non-hydrogen) atoms. The average Bonchev–Trinajstić information content (AvgIpc) is 2.79. The summed E-state index contributed by atoms with van der Waals surface area (Å²) in [7, 11) is 0. The highest BCUT2D eigenvalue weighted by Gasteiger charge is 2.25. The summed E-state index contributed by atoms with van der Waals surface area (Å²) in [5.74, 6) is 0.142. The molecule has 1 aromatic rings. The van der Waals surface area contributed by atoms with E-state index in [2.05, 4.69) is 10.4 Å². The van der Waals surface area contributed by atoms with E-state index < -0.39 is 0 Å². The first kappa shape index (κ1) is 15.0. The van der Waals surface area contributed by atoms with Gasteiger partial charge >= 0.3 is 0 Å². The minimum absolute atomic E-state index is 0.120. The minimum Gasteiger partial charge on any atom is -0.372 e. The van der Waals surface area contributed by atoms with Crippen LogP contribution >= 0.6 is 0 Å². The largest absolute Gasteiger partial charge is 0.372 e. The van der Waals surface area contributed by atoms with Crippen LogP contribution in [0.4, 0.5) is 0 Å². The van der Waals surface area contributed by atoms with Crippen molar-refractivity contribution in [2.45, 2.75) is 39.5 Å². The molecule has 0 aliphatic carbocycles. The lowest BCUT2D eigenvalue weighted by atomic mass is 10.2. The summed E-state index contributed by atoms with van der Waals surface area (Å²) in [4.78, 5) is 14.0. The van der Waals surface area contributed by atoms with E-state index in [9.17, 15) is 4.79 Å². The van der Waals surface area contributed by atoms with Crippen molar-refractivity contribution in [2.75, 3.05) is 26.2 Å². The maximum absolute atomic E-state index is 12.1. The van der Waals surface area contributed by atoms with Crippen molar-refractivity contribution in [3.63, 3.8) is 0 Å². The topological polar surface area (TPSA) is 59.4 Å². The van der Waals surface area contributed by atoms with Crippen molar-refractivity contribution >= 4 is 5.91 Å². The molecule has 0 radical (unpaired) electrons. The van der Waals surface area contributed by atoms with Crippen LogP contribution in [0, 0.1) is 6.92 Å². The molecule has 0 bridgehead atoms. The molecule has 0 spiro atoms. The van der Waals surface area contributed by atoms with E-state index in [1.54, 1.807) is 0 Å². The van der Waals surface area contributed by atoms with Gasteiger partial charge in [0, 0.05) is 25.8 Å². The Balaban J connectivity index is 1.67. The van der Waals surface area contributed by atoms with E-state index in [1.807, 2.05) is 42.7 Å². The van der Waals surface area contributed by atoms with Gasteiger partial charge in [-0.1, -0.05) is 0 Å². The van der Waals surface area contributed by atoms with Gasteiger partial charge in [-0.05, 0) is 26.3 Å². The highest BCUT2D eigenvalue weighted by molar-refractivity contribution is 5.78. The molecule has 6 heteroatoms. The van der Waals surface area contributed by atoms with E-state index in [0.29, 0.717) is 19.6 Å². The number of carbonyl (C=O) groups is 1. The molecule has 1 fully saturated rings. The second-order valence-electron chi connectivity index (χ2n) is 5.51. The Bertz CT molecular complexity index is 436. The number of ether oxygens (including phenoxy) is 1. The van der Waals surface area contributed by atoms with Gasteiger partial charge in [0.15, 0.2) is 0 Å². The number of hydrogen-bond donors (Lipinski definition) is 1. The lowest BCUT2D eigenvalue weighted by molar-refractivity contribution is -0.142. The fourth-order valence-corrected chi connectivity index (χ4v) is 2.47. The Labute approximate surface area is 120 Å². The van der Waals surface area contributed by atoms with E-state index >= 15 is 0 Å². The summed E-state index contributed by atoms with van der Waals surface area (Å²) in [5, 5.41) is 7.38. The van der Waals surface area contributed by atoms with Gasteiger partial charge < -0.3 is 15.0 Å². The number of carbonyl (C=O) groups excluding carboxylic acids is 1. The van der Waals surface area contributed by atoms with E-state index in [0.717, 1.165) is 18.7 Å². The molecule has 1 aliphatic rings. The molecule has 1 aliphatic heterocycles. The minimum atomic E-state index is 0.120. The van der Waals surface area contributed by atoms with Crippen molar-refractivity contribution in [1.29, 1.82) is 0 Å². The number of aromatic nitrogens is 2. The average molecular weight is 280 g/mol. The lowest BCUT2D eigenvalue weighted by Crippen LogP contribution is -2.50. The SMILES string of the molecule is Cc1cnn(CCNCC(=O)N2C[C@H](C)O[C@@H](C)C2)c1. The van der Waals surface area contributed by atoms with Crippen molar-refractivity contribution in [2.24, 2.45) is 0 Å². The standard InChI is InChI=1S/C14H24N4O2/c1-11-6-16-18(8-11)5-4-15-7-14(19)17-9-12(2)20-13(3)10-17/h6,8,12-13,15H,4-5,7,9-10H2,1-3H3/t12-,13-/m0/s1. The van der Waals surface area contributed by atoms with Crippen LogP contribution in [0.5, 0.6) is 0 Å². The van der Waals surface area contributed by atoms with Gasteiger partial charge in [-0.25, -0.2) is 0 Å². The molecule has 0 saturated carbocycles. The second-order valence-corrected chi connectivity index (χ2v) is 5.51. The number of nitrogens with zero attached hydrogens (tertiary/aromatic N) is 3. The summed E-state index contributed by atoms with van der Waals surface area (Å²) in [5.41, 5.74) is 1.15. The van der Waals surface area contributed by atoms with Crippen molar-refractivity contribution in [3.05, 3.63) is 18.0 Å². The zero-order chi connectivity index (χ0) is 14.5. The quantitative estimate of drug-likeness (QED) is 0.794. The molecule has 1 saturated heterocycles. The predicted molar refractivity (Wildman–Crippen MR) is 76.4 cm³/mol. The molecule has 1 N–H and O–H groups in total. The molecule has 2 rings (SSSR count). The molecular formula is C14H24N4O2. The molecule has 2 heterocycles. The predicted octanol–water partition coefficient (Wildman–Crippen LogP) is 0.417. The number of nitrogens with one attached hydrogen (secondary N) is 1. The molecule has 0 unspecified atom stereocenters. The molecule has 2 atom stereocenters. The second kappa shape index (κ2) is 6.85. The van der Waals surface area contributed by atoms with E-state index in [1.165, 1.54) is 0 Å². The summed E-state index contributed by atoms with van der Waals surface area (Å²) in [6.45, 7) is 9.28. The van der Waals surface area contributed by atoms with Gasteiger partial charge in [-0.2, -0.15) is 5.10 Å². The smallest absolute Gasteiger partial charge is 0.236 e. The first-order valence-corrected chi connectivity index (χ1v) is 7.17. The Morgan fingerprint density at radius 1 is 1.45 bits per heavy atom. The van der Waals surface area contributed by atoms with Gasteiger partial charge in [0.2, 0.25) is 5.91 Å². The van der Waals surface area contributed by atoms with Gasteiger partial charge in [0.05, 0.1) is 31.5 Å². The molecule has 112 valence electrons. The summed E-state index contributed by atoms with van der Waals surface area (Å²) < 4.78 is 7.51. The van der Waals surface area contributed by atoms with Gasteiger partial charge in [0.1, 0.15) is 0 Å². The van der Waals surface area contributed by atoms with Crippen LogP contribution in [-0.2, 0) is 16.1 Å². The Morgan fingerprint density at radius 2 is 2.15 bits per heavy atom. The van der Waals surface area contributed by atoms with Gasteiger partial charge in [0.25, 0.3) is 0 Å². The van der Waals surface area contributed by atoms with Crippen LogP contribution in [0.3, 0.4) is 0 Å². The lowest BCUT2D eigenvalue weighted by Gasteiger charge is -2.35. The molecule has 6 nitrogen and oxygen atoms in total. The molecule has 0 aromatic carbocycles. The highest BCUT2D eigenvalue weighted by Crippen LogP contribution is 2.10. The van der Waals surface area contributed by atoms with Crippen LogP contribution in [0.25, 0.3) is 0 Å². The fourth-order valence-electron chi connectivity index (χ4n) is 2.47. The van der Waals surface area contributed by atoms with Crippen molar-refractivity contribution in [3.8, 4) is 0 Å². The van der Waals surface area contributed by atoms with Crippen LogP contribution < -0.4 is 5.32 Å². The maximum atomic E-state index is 12.1. The van der Waals surface area contributed by atoms with Gasteiger partial charge in [-0.15, -0.1) is 0 Å². The fraction of sp³-hybridized carbons (Fsp3) is 0.714. The van der Waals surface area contributed by atoms with E-state index in [4.69, 9.17) is 4.74 Å². The summed E-state index contributed by atoms with van der Waals surface area (Å²) in [6.07, 6.45) is 4.07. The Hall–Kier alpha value is -1.40. The maximum Gasteiger partial charge on any atom is 0.236 e. The Morgan fingerprint density at radius 3 is 2.75 bits per heavy atom. The number of hydrogen-bond acceptors (Lipinski definition) is 4. The molecular weight excluding hydrogens is 256 g/mol. The van der Waals surface area contributed by atoms with Crippen LogP contribution in [0.2, 0.25) is 0 Å². The number of amides is 1. The number of rotatable bonds is 5. The molecule has 1 aromatic heterocycles. The van der Waals surface area contributed by atoms with Crippen LogP contribution in [-0.4, -0.2) is 59.0 Å². The first-order valence-electron chi connectivity index (χ1n) is 7.17. The zero-order valence-electron chi connectivity index (χ0n) is 12.5. The third kappa shape index (κ3) is 4.31. The number of morpholine rings is 1. The zero-order valence-corrected chi connectivity index (χ0v) is 12.5. The normalized spacial score (nSPS) is 23.1. The monoisotopic (exact) mass is 280 g/mol. The summed E-state index contributed by atoms with van der Waals surface area (Å²) >= 11 is 0. The molecule has 1 amide bonds.